The molecule has 160 valence electrons. The molecule has 0 unspecified atom stereocenters. The third kappa shape index (κ3) is 3.99. The van der Waals surface area contributed by atoms with Crippen LogP contribution in [-0.2, 0) is 11.3 Å². The van der Waals surface area contributed by atoms with Gasteiger partial charge in [-0.05, 0) is 25.0 Å². The molecule has 0 radical (unpaired) electrons. The van der Waals surface area contributed by atoms with Gasteiger partial charge in [0.25, 0.3) is 11.5 Å². The van der Waals surface area contributed by atoms with Gasteiger partial charge in [0.2, 0.25) is 0 Å². The summed E-state index contributed by atoms with van der Waals surface area (Å²) in [6, 6.07) is 5.53. The number of nitrogens with two attached hydrogens (primary N) is 1. The Hall–Kier alpha value is -3.40. The lowest BCUT2D eigenvalue weighted by Crippen LogP contribution is -2.43. The molecule has 0 atom stereocenters. The molecule has 10 heteroatoms. The van der Waals surface area contributed by atoms with Crippen LogP contribution in [0.4, 0.5) is 11.5 Å². The highest BCUT2D eigenvalue weighted by atomic mass is 16.5. The van der Waals surface area contributed by atoms with Gasteiger partial charge in [0.05, 0.1) is 6.61 Å². The van der Waals surface area contributed by atoms with Crippen molar-refractivity contribution in [1.29, 1.82) is 0 Å². The minimum absolute atomic E-state index is 0.0648. The number of hydrogen-bond donors (Lipinski definition) is 2. The molecule has 3 aromatic heterocycles. The summed E-state index contributed by atoms with van der Waals surface area (Å²) in [7, 11) is 1.49. The number of nitrogens with one attached hydrogen (secondary N) is 1. The Kier molecular flexibility index (Phi) is 6.06. The van der Waals surface area contributed by atoms with E-state index >= 15 is 0 Å². The zero-order valence-electron chi connectivity index (χ0n) is 17.5. The molecule has 0 aliphatic heterocycles. The monoisotopic (exact) mass is 414 g/mol. The summed E-state index contributed by atoms with van der Waals surface area (Å²) < 4.78 is 8.17. The number of carbonyl (C=O) groups is 1. The van der Waals surface area contributed by atoms with Crippen molar-refractivity contribution < 1.29 is 9.53 Å². The number of H-pyrrole nitrogens is 1. The van der Waals surface area contributed by atoms with E-state index in [2.05, 4.69) is 9.97 Å². The van der Waals surface area contributed by atoms with Gasteiger partial charge in [-0.1, -0.05) is 19.9 Å². The first-order valence-corrected chi connectivity index (χ1v) is 9.62. The van der Waals surface area contributed by atoms with Crippen molar-refractivity contribution in [2.45, 2.75) is 27.3 Å². The second kappa shape index (κ2) is 8.54. The van der Waals surface area contributed by atoms with Crippen molar-refractivity contribution in [2.75, 3.05) is 30.9 Å². The van der Waals surface area contributed by atoms with Crippen LogP contribution in [0.25, 0.3) is 5.65 Å². The SMILES string of the molecule is COCCN(C(=O)c1cn2c(C)cccc2n1)c1c(N)n(CC(C)C)c(=O)[nH]c1=O. The highest BCUT2D eigenvalue weighted by molar-refractivity contribution is 6.06. The van der Waals surface area contributed by atoms with E-state index in [0.717, 1.165) is 5.69 Å². The van der Waals surface area contributed by atoms with E-state index in [0.29, 0.717) is 12.2 Å². The van der Waals surface area contributed by atoms with Crippen molar-refractivity contribution in [3.8, 4) is 0 Å². The predicted molar refractivity (Wildman–Crippen MR) is 114 cm³/mol. The number of methoxy groups -OCH3 is 1. The van der Waals surface area contributed by atoms with Gasteiger partial charge in [0, 0.05) is 32.1 Å². The lowest BCUT2D eigenvalue weighted by molar-refractivity contribution is 0.0971. The Balaban J connectivity index is 2.14. The summed E-state index contributed by atoms with van der Waals surface area (Å²) in [6.07, 6.45) is 1.61. The maximum Gasteiger partial charge on any atom is 0.330 e. The third-order valence-electron chi connectivity index (χ3n) is 4.71. The van der Waals surface area contributed by atoms with Crippen LogP contribution in [0.2, 0.25) is 0 Å². The maximum atomic E-state index is 13.4. The Morgan fingerprint density at radius 1 is 1.33 bits per heavy atom. The molecule has 3 heterocycles. The summed E-state index contributed by atoms with van der Waals surface area (Å²) in [5.41, 5.74) is 6.43. The quantitative estimate of drug-likeness (QED) is 0.594. The van der Waals surface area contributed by atoms with Crippen LogP contribution >= 0.6 is 0 Å². The number of aromatic nitrogens is 4. The van der Waals surface area contributed by atoms with Crippen molar-refractivity contribution in [2.24, 2.45) is 5.92 Å². The van der Waals surface area contributed by atoms with E-state index in [1.165, 1.54) is 16.6 Å². The molecular weight excluding hydrogens is 388 g/mol. The number of pyridine rings is 1. The first kappa shape index (κ1) is 21.3. The van der Waals surface area contributed by atoms with Crippen LogP contribution in [0.1, 0.15) is 30.0 Å². The number of anilines is 2. The number of rotatable bonds is 7. The molecule has 3 aromatic rings. The number of ether oxygens (including phenoxy) is 1. The largest absolute Gasteiger partial charge is 0.383 e. The number of nitrogen functional groups attached to an aromatic ring is 1. The molecule has 0 fully saturated rings. The summed E-state index contributed by atoms with van der Waals surface area (Å²) in [5, 5.41) is 0. The van der Waals surface area contributed by atoms with E-state index in [-0.39, 0.29) is 36.3 Å². The average molecular weight is 414 g/mol. The smallest absolute Gasteiger partial charge is 0.330 e. The summed E-state index contributed by atoms with van der Waals surface area (Å²) >= 11 is 0. The standard InChI is InChI=1S/C20H26N6O4/c1-12(2)10-26-17(21)16(18(27)23-20(26)29)24(8-9-30-4)19(28)14-11-25-13(3)6-5-7-15(25)22-14/h5-7,11-12H,8-10,21H2,1-4H3,(H,23,27,29). The fourth-order valence-corrected chi connectivity index (χ4v) is 3.27. The Bertz CT molecular complexity index is 1190. The molecule has 3 rings (SSSR count). The first-order valence-electron chi connectivity index (χ1n) is 9.62. The summed E-state index contributed by atoms with van der Waals surface area (Å²) in [5.74, 6) is -0.475. The van der Waals surface area contributed by atoms with Crippen LogP contribution in [0.15, 0.2) is 34.0 Å². The Labute approximate surface area is 172 Å². The molecule has 3 N–H and O–H groups in total. The van der Waals surface area contributed by atoms with E-state index in [9.17, 15) is 14.4 Å². The number of hydrogen-bond acceptors (Lipinski definition) is 6. The van der Waals surface area contributed by atoms with Gasteiger partial charge < -0.3 is 14.9 Å². The van der Waals surface area contributed by atoms with Crippen LogP contribution < -0.4 is 21.9 Å². The lowest BCUT2D eigenvalue weighted by Gasteiger charge is -2.24. The van der Waals surface area contributed by atoms with E-state index < -0.39 is 17.2 Å². The number of aromatic amines is 1. The molecule has 0 saturated heterocycles. The first-order chi connectivity index (χ1) is 14.2. The highest BCUT2D eigenvalue weighted by Gasteiger charge is 2.27. The molecule has 10 nitrogen and oxygen atoms in total. The van der Waals surface area contributed by atoms with Crippen LogP contribution in [0, 0.1) is 12.8 Å². The van der Waals surface area contributed by atoms with Gasteiger partial charge in [0.1, 0.15) is 17.2 Å². The van der Waals surface area contributed by atoms with Crippen molar-refractivity contribution in [1.82, 2.24) is 18.9 Å². The Morgan fingerprint density at radius 3 is 2.70 bits per heavy atom. The molecule has 1 amide bonds. The number of carbonyl (C=O) groups excluding carboxylic acids is 1. The normalized spacial score (nSPS) is 11.4. The molecule has 0 saturated carbocycles. The minimum Gasteiger partial charge on any atom is -0.383 e. The average Bonchev–Trinajstić information content (AvgIpc) is 3.12. The Morgan fingerprint density at radius 2 is 2.07 bits per heavy atom. The molecule has 0 bridgehead atoms. The van der Waals surface area contributed by atoms with E-state index in [1.807, 2.05) is 32.9 Å². The highest BCUT2D eigenvalue weighted by Crippen LogP contribution is 2.20. The van der Waals surface area contributed by atoms with Crippen molar-refractivity contribution in [3.05, 3.63) is 56.6 Å². The van der Waals surface area contributed by atoms with Gasteiger partial charge in [-0.15, -0.1) is 0 Å². The molecule has 30 heavy (non-hydrogen) atoms. The molecule has 0 spiro atoms. The molecule has 0 aromatic carbocycles. The number of imidazole rings is 1. The zero-order chi connectivity index (χ0) is 22.0. The maximum absolute atomic E-state index is 13.4. The summed E-state index contributed by atoms with van der Waals surface area (Å²) in [6.45, 7) is 6.27. The van der Waals surface area contributed by atoms with Crippen LogP contribution in [0.5, 0.6) is 0 Å². The predicted octanol–water partition coefficient (Wildman–Crippen LogP) is 1.02. The molecular formula is C20H26N6O4. The van der Waals surface area contributed by atoms with Crippen molar-refractivity contribution >= 4 is 23.1 Å². The van der Waals surface area contributed by atoms with Gasteiger partial charge >= 0.3 is 5.69 Å². The second-order valence-electron chi connectivity index (χ2n) is 7.47. The fourth-order valence-electron chi connectivity index (χ4n) is 3.27. The van der Waals surface area contributed by atoms with Crippen molar-refractivity contribution in [3.63, 3.8) is 0 Å². The van der Waals surface area contributed by atoms with Crippen LogP contribution in [-0.4, -0.2) is 45.1 Å². The van der Waals surface area contributed by atoms with Gasteiger partial charge in [-0.3, -0.25) is 24.0 Å². The zero-order valence-corrected chi connectivity index (χ0v) is 17.5. The lowest BCUT2D eigenvalue weighted by atomic mass is 10.2. The summed E-state index contributed by atoms with van der Waals surface area (Å²) in [4.78, 5) is 46.1. The second-order valence-corrected chi connectivity index (χ2v) is 7.47. The minimum atomic E-state index is -0.734. The van der Waals surface area contributed by atoms with Gasteiger partial charge in [-0.25, -0.2) is 9.78 Å². The van der Waals surface area contributed by atoms with Crippen LogP contribution in [0.3, 0.4) is 0 Å². The van der Waals surface area contributed by atoms with Gasteiger partial charge in [0.15, 0.2) is 5.69 Å². The number of aryl methyl sites for hydroxylation is 1. The molecule has 0 aliphatic carbocycles. The van der Waals surface area contributed by atoms with E-state index in [1.54, 1.807) is 16.7 Å². The van der Waals surface area contributed by atoms with Gasteiger partial charge in [-0.2, -0.15) is 0 Å². The number of amides is 1. The van der Waals surface area contributed by atoms with E-state index in [4.69, 9.17) is 10.5 Å². The third-order valence-corrected chi connectivity index (χ3v) is 4.71. The topological polar surface area (TPSA) is 128 Å². The number of fused-ring (bicyclic) bond motifs is 1. The molecule has 0 aliphatic rings. The fraction of sp³-hybridized carbons (Fsp3) is 0.400. The number of nitrogens with zero attached hydrogens (tertiary/aromatic N) is 4.